The van der Waals surface area contributed by atoms with Crippen molar-refractivity contribution in [1.82, 2.24) is 9.80 Å². The van der Waals surface area contributed by atoms with Gasteiger partial charge in [-0.3, -0.25) is 19.3 Å². The average molecular weight is 478 g/mol. The molecular weight excluding hydrogens is 450 g/mol. The molecule has 2 aliphatic rings. The van der Waals surface area contributed by atoms with Crippen LogP contribution in [0.4, 0.5) is 0 Å². The minimum absolute atomic E-state index is 0.0902. The van der Waals surface area contributed by atoms with Crippen molar-refractivity contribution >= 4 is 22.8 Å². The second-order valence-corrected chi connectivity index (χ2v) is 8.85. The number of carbonyl (C=O) groups excluding carboxylic acids is 2. The monoisotopic (exact) mass is 477 g/mol. The highest BCUT2D eigenvalue weighted by Crippen LogP contribution is 2.38. The number of benzene rings is 2. The minimum atomic E-state index is -0.593. The first-order chi connectivity index (χ1) is 16.9. The van der Waals surface area contributed by atoms with Crippen LogP contribution in [0.2, 0.25) is 0 Å². The molecule has 1 saturated heterocycles. The molecule has 1 fully saturated rings. The van der Waals surface area contributed by atoms with Gasteiger partial charge in [-0.25, -0.2) is 0 Å². The largest absolute Gasteiger partial charge is 0.484 e. The molecule has 2 aromatic carbocycles. The van der Waals surface area contributed by atoms with Gasteiger partial charge in [-0.05, 0) is 36.8 Å². The van der Waals surface area contributed by atoms with Crippen molar-refractivity contribution in [3.05, 3.63) is 75.1 Å². The lowest BCUT2D eigenvalue weighted by atomic mass is 9.98. The zero-order valence-corrected chi connectivity index (χ0v) is 19.5. The van der Waals surface area contributed by atoms with E-state index in [2.05, 4.69) is 4.90 Å². The second-order valence-electron chi connectivity index (χ2n) is 8.85. The SMILES string of the molecule is Cc1ccc2oc3c(c(=O)c2c1)C(c1ccc(OCC(N)=O)cc1)N(CCN1CCOCC1)C3=O. The van der Waals surface area contributed by atoms with Crippen molar-refractivity contribution in [2.75, 3.05) is 46.0 Å². The molecule has 2 N–H and O–H groups in total. The molecule has 182 valence electrons. The fourth-order valence-corrected chi connectivity index (χ4v) is 4.69. The van der Waals surface area contributed by atoms with E-state index in [0.29, 0.717) is 48.6 Å². The summed E-state index contributed by atoms with van der Waals surface area (Å²) in [5, 5.41) is 0.456. The molecule has 2 aliphatic heterocycles. The lowest BCUT2D eigenvalue weighted by Gasteiger charge is -2.31. The maximum Gasteiger partial charge on any atom is 0.290 e. The standard InChI is InChI=1S/C26H27N3O6/c1-16-2-7-20-19(14-16)24(31)22-23(17-3-5-18(6-4-17)34-15-21(27)30)29(26(32)25(22)35-20)9-8-28-10-12-33-13-11-28/h2-7,14,23H,8-13,15H2,1H3,(H2,27,30). The molecule has 9 heteroatoms. The highest BCUT2D eigenvalue weighted by molar-refractivity contribution is 5.99. The van der Waals surface area contributed by atoms with Crippen LogP contribution in [-0.4, -0.2) is 67.6 Å². The van der Waals surface area contributed by atoms with Crippen LogP contribution in [0.5, 0.6) is 5.75 Å². The molecule has 0 aliphatic carbocycles. The van der Waals surface area contributed by atoms with Gasteiger partial charge < -0.3 is 24.5 Å². The zero-order chi connectivity index (χ0) is 24.5. The van der Waals surface area contributed by atoms with Crippen molar-refractivity contribution in [2.45, 2.75) is 13.0 Å². The molecule has 1 aromatic heterocycles. The van der Waals surface area contributed by atoms with Crippen LogP contribution in [0.15, 0.2) is 51.7 Å². The number of morpholine rings is 1. The molecule has 0 radical (unpaired) electrons. The fourth-order valence-electron chi connectivity index (χ4n) is 4.69. The predicted molar refractivity (Wildman–Crippen MR) is 128 cm³/mol. The second kappa shape index (κ2) is 9.52. The molecular formula is C26H27N3O6. The smallest absolute Gasteiger partial charge is 0.290 e. The average Bonchev–Trinajstić information content (AvgIpc) is 3.14. The third-order valence-corrected chi connectivity index (χ3v) is 6.46. The van der Waals surface area contributed by atoms with Crippen molar-refractivity contribution in [2.24, 2.45) is 5.73 Å². The van der Waals surface area contributed by atoms with Crippen molar-refractivity contribution < 1.29 is 23.5 Å². The summed E-state index contributed by atoms with van der Waals surface area (Å²) in [4.78, 5) is 42.2. The molecule has 1 unspecified atom stereocenters. The normalized spacial score (nSPS) is 18.1. The number of primary amides is 1. The predicted octanol–water partition coefficient (Wildman–Crippen LogP) is 1.84. The van der Waals surface area contributed by atoms with Crippen LogP contribution < -0.4 is 15.9 Å². The van der Waals surface area contributed by atoms with Gasteiger partial charge in [0.05, 0.1) is 30.2 Å². The summed E-state index contributed by atoms with van der Waals surface area (Å²) < 4.78 is 16.8. The Morgan fingerprint density at radius 2 is 1.83 bits per heavy atom. The minimum Gasteiger partial charge on any atom is -0.484 e. The molecule has 9 nitrogen and oxygen atoms in total. The third-order valence-electron chi connectivity index (χ3n) is 6.46. The van der Waals surface area contributed by atoms with Crippen LogP contribution in [0, 0.1) is 6.92 Å². The first-order valence-electron chi connectivity index (χ1n) is 11.6. The van der Waals surface area contributed by atoms with Gasteiger partial charge in [0.15, 0.2) is 12.0 Å². The number of amides is 2. The van der Waals surface area contributed by atoms with Gasteiger partial charge in [-0.2, -0.15) is 0 Å². The summed E-state index contributed by atoms with van der Waals surface area (Å²) in [5.41, 5.74) is 7.39. The Kier molecular flexibility index (Phi) is 6.27. The Balaban J connectivity index is 1.54. The summed E-state index contributed by atoms with van der Waals surface area (Å²) in [6.07, 6.45) is 0. The van der Waals surface area contributed by atoms with E-state index in [-0.39, 0.29) is 23.7 Å². The molecule has 35 heavy (non-hydrogen) atoms. The molecule has 3 aromatic rings. The van der Waals surface area contributed by atoms with Crippen LogP contribution in [-0.2, 0) is 9.53 Å². The molecule has 3 heterocycles. The van der Waals surface area contributed by atoms with Gasteiger partial charge >= 0.3 is 0 Å². The van der Waals surface area contributed by atoms with Crippen molar-refractivity contribution in [3.8, 4) is 5.75 Å². The van der Waals surface area contributed by atoms with Crippen molar-refractivity contribution in [3.63, 3.8) is 0 Å². The molecule has 2 amide bonds. The highest BCUT2D eigenvalue weighted by atomic mass is 16.5. The summed E-state index contributed by atoms with van der Waals surface area (Å²) in [6, 6.07) is 11.8. The number of rotatable bonds is 7. The number of nitrogens with two attached hydrogens (primary N) is 1. The van der Waals surface area contributed by atoms with Crippen LogP contribution in [0.25, 0.3) is 11.0 Å². The zero-order valence-electron chi connectivity index (χ0n) is 19.5. The quantitative estimate of drug-likeness (QED) is 0.552. The topological polar surface area (TPSA) is 115 Å². The Morgan fingerprint density at radius 3 is 2.54 bits per heavy atom. The van der Waals surface area contributed by atoms with Gasteiger partial charge in [0, 0.05) is 26.2 Å². The number of nitrogens with zero attached hydrogens (tertiary/aromatic N) is 2. The molecule has 0 spiro atoms. The number of hydrogen-bond acceptors (Lipinski definition) is 7. The fraction of sp³-hybridized carbons (Fsp3) is 0.346. The van der Waals surface area contributed by atoms with E-state index in [1.165, 1.54) is 0 Å². The first kappa shape index (κ1) is 23.1. The molecule has 5 rings (SSSR count). The van der Waals surface area contributed by atoms with Gasteiger partial charge in [0.2, 0.25) is 5.76 Å². The van der Waals surface area contributed by atoms with Crippen LogP contribution in [0.3, 0.4) is 0 Å². The van der Waals surface area contributed by atoms with Crippen molar-refractivity contribution in [1.29, 1.82) is 0 Å². The van der Waals surface area contributed by atoms with Gasteiger partial charge in [-0.15, -0.1) is 0 Å². The summed E-state index contributed by atoms with van der Waals surface area (Å²) in [6.45, 7) is 5.69. The van der Waals surface area contributed by atoms with Crippen LogP contribution >= 0.6 is 0 Å². The first-order valence-corrected chi connectivity index (χ1v) is 11.6. The van der Waals surface area contributed by atoms with E-state index >= 15 is 0 Å². The lowest BCUT2D eigenvalue weighted by Crippen LogP contribution is -2.42. The maximum atomic E-state index is 13.7. The summed E-state index contributed by atoms with van der Waals surface area (Å²) in [5.74, 6) is -0.309. The lowest BCUT2D eigenvalue weighted by molar-refractivity contribution is -0.119. The molecule has 0 bridgehead atoms. The van der Waals surface area contributed by atoms with Gasteiger partial charge in [0.25, 0.3) is 11.8 Å². The number of hydrogen-bond donors (Lipinski definition) is 1. The Bertz CT molecular complexity index is 1330. The number of carbonyl (C=O) groups is 2. The van der Waals surface area contributed by atoms with E-state index in [0.717, 1.165) is 24.2 Å². The number of fused-ring (bicyclic) bond motifs is 2. The van der Waals surface area contributed by atoms with E-state index in [9.17, 15) is 14.4 Å². The van der Waals surface area contributed by atoms with Crippen LogP contribution in [0.1, 0.15) is 33.3 Å². The summed E-state index contributed by atoms with van der Waals surface area (Å²) >= 11 is 0. The van der Waals surface area contributed by atoms with E-state index in [1.54, 1.807) is 41.3 Å². The number of ether oxygens (including phenoxy) is 2. The Hall–Kier alpha value is -3.69. The van der Waals surface area contributed by atoms with Gasteiger partial charge in [-0.1, -0.05) is 23.8 Å². The van der Waals surface area contributed by atoms with E-state index in [1.807, 2.05) is 13.0 Å². The third kappa shape index (κ3) is 4.52. The Labute approximate surface area is 202 Å². The molecule has 0 saturated carbocycles. The number of aryl methyl sites for hydroxylation is 1. The Morgan fingerprint density at radius 1 is 1.09 bits per heavy atom. The van der Waals surface area contributed by atoms with E-state index in [4.69, 9.17) is 19.6 Å². The maximum absolute atomic E-state index is 13.7. The van der Waals surface area contributed by atoms with Gasteiger partial charge in [0.1, 0.15) is 11.3 Å². The van der Waals surface area contributed by atoms with E-state index < -0.39 is 11.9 Å². The highest BCUT2D eigenvalue weighted by Gasteiger charge is 2.42. The summed E-state index contributed by atoms with van der Waals surface area (Å²) in [7, 11) is 0. The molecule has 1 atom stereocenters.